The van der Waals surface area contributed by atoms with Gasteiger partial charge in [0.25, 0.3) is 0 Å². The molecule has 1 rings (SSSR count). The number of carbonyl (C=O) groups is 1. The second-order valence-corrected chi connectivity index (χ2v) is 6.17. The Morgan fingerprint density at radius 1 is 1.44 bits per heavy atom. The lowest BCUT2D eigenvalue weighted by molar-refractivity contribution is -0.121. The van der Waals surface area contributed by atoms with Gasteiger partial charge in [0.05, 0.1) is 0 Å². The van der Waals surface area contributed by atoms with E-state index in [-0.39, 0.29) is 22.6 Å². The Labute approximate surface area is 112 Å². The Kier molecular flexibility index (Phi) is 6.94. The van der Waals surface area contributed by atoms with Gasteiger partial charge in [0, 0.05) is 22.4 Å². The maximum atomic E-state index is 11.3. The van der Waals surface area contributed by atoms with Crippen LogP contribution in [0.15, 0.2) is 0 Å². The van der Waals surface area contributed by atoms with Crippen LogP contribution in [0, 0.1) is 5.92 Å². The number of amides is 1. The van der Waals surface area contributed by atoms with Crippen LogP contribution in [0.2, 0.25) is 0 Å². The summed E-state index contributed by atoms with van der Waals surface area (Å²) in [4.78, 5) is 11.3. The minimum atomic E-state index is 0.0405. The molecule has 0 bridgehead atoms. The maximum absolute atomic E-state index is 11.3. The number of alkyl halides is 2. The van der Waals surface area contributed by atoms with Crippen molar-refractivity contribution in [2.45, 2.75) is 49.8 Å². The summed E-state index contributed by atoms with van der Waals surface area (Å²) < 4.78 is 2.77. The van der Waals surface area contributed by atoms with Gasteiger partial charge in [-0.05, 0) is 31.2 Å². The van der Waals surface area contributed by atoms with Gasteiger partial charge in [-0.25, -0.2) is 0 Å². The zero-order valence-electron chi connectivity index (χ0n) is 9.55. The van der Waals surface area contributed by atoms with E-state index >= 15 is 0 Å². The van der Waals surface area contributed by atoms with E-state index in [0.717, 1.165) is 37.9 Å². The molecule has 16 heavy (non-hydrogen) atoms. The summed E-state index contributed by atoms with van der Waals surface area (Å²) >= 11 is 13.8. The Balaban J connectivity index is 2.12. The third-order valence-electron chi connectivity index (χ3n) is 2.82. The molecule has 94 valence electrons. The lowest BCUT2D eigenvalue weighted by Crippen LogP contribution is -2.19. The van der Waals surface area contributed by atoms with Crippen LogP contribution in [-0.2, 0) is 4.79 Å². The first-order valence-corrected chi connectivity index (χ1v) is 7.70. The van der Waals surface area contributed by atoms with Crippen LogP contribution < -0.4 is 4.72 Å². The highest BCUT2D eigenvalue weighted by molar-refractivity contribution is 7.98. The number of halogens is 2. The first kappa shape index (κ1) is 14.5. The molecule has 0 aromatic heterocycles. The highest BCUT2D eigenvalue weighted by Gasteiger charge is 2.25. The summed E-state index contributed by atoms with van der Waals surface area (Å²) in [7, 11) is 0. The van der Waals surface area contributed by atoms with E-state index in [1.807, 2.05) is 0 Å². The molecule has 1 fully saturated rings. The van der Waals surface area contributed by atoms with Crippen molar-refractivity contribution in [2.24, 2.45) is 5.92 Å². The zero-order chi connectivity index (χ0) is 12.0. The van der Waals surface area contributed by atoms with Crippen molar-refractivity contribution in [1.82, 2.24) is 4.72 Å². The third-order valence-corrected chi connectivity index (χ3v) is 4.91. The predicted octanol–water partition coefficient (Wildman–Crippen LogP) is 3.57. The van der Waals surface area contributed by atoms with Gasteiger partial charge in [0.1, 0.15) is 0 Å². The van der Waals surface area contributed by atoms with Gasteiger partial charge < -0.3 is 0 Å². The summed E-state index contributed by atoms with van der Waals surface area (Å²) in [6.45, 7) is 2.11. The molecule has 3 unspecified atom stereocenters. The van der Waals surface area contributed by atoms with Crippen molar-refractivity contribution in [1.29, 1.82) is 0 Å². The van der Waals surface area contributed by atoms with Crippen LogP contribution in [0.3, 0.4) is 0 Å². The van der Waals surface area contributed by atoms with Crippen LogP contribution in [0.5, 0.6) is 0 Å². The monoisotopic (exact) mass is 283 g/mol. The summed E-state index contributed by atoms with van der Waals surface area (Å²) in [6.07, 6.45) is 4.86. The third kappa shape index (κ3) is 4.72. The first-order valence-electron chi connectivity index (χ1n) is 5.85. The number of nitrogens with one attached hydrogen (secondary N) is 1. The van der Waals surface area contributed by atoms with E-state index in [0.29, 0.717) is 0 Å². The molecule has 1 amide bonds. The predicted molar refractivity (Wildman–Crippen MR) is 72.1 cm³/mol. The topological polar surface area (TPSA) is 29.1 Å². The second-order valence-electron chi connectivity index (χ2n) is 4.23. The van der Waals surface area contributed by atoms with E-state index in [1.54, 1.807) is 0 Å². The number of rotatable bonds is 7. The molecular weight excluding hydrogens is 265 g/mol. The molecule has 1 N–H and O–H groups in total. The van der Waals surface area contributed by atoms with E-state index in [4.69, 9.17) is 23.2 Å². The largest absolute Gasteiger partial charge is 0.300 e. The van der Waals surface area contributed by atoms with Gasteiger partial charge >= 0.3 is 0 Å². The molecule has 1 aliphatic rings. The van der Waals surface area contributed by atoms with Crippen LogP contribution >= 0.6 is 35.1 Å². The van der Waals surface area contributed by atoms with E-state index in [2.05, 4.69) is 11.6 Å². The van der Waals surface area contributed by atoms with Crippen molar-refractivity contribution < 1.29 is 4.79 Å². The van der Waals surface area contributed by atoms with E-state index in [1.165, 1.54) is 11.9 Å². The Bertz CT molecular complexity index is 228. The minimum absolute atomic E-state index is 0.0405. The Morgan fingerprint density at radius 2 is 2.12 bits per heavy atom. The highest BCUT2D eigenvalue weighted by atomic mass is 35.5. The standard InChI is InChI=1S/C11H19Cl2NOS/c1-2-4-9(12)10(13)6-3-5-8-7-16-14-11(8)15/h8-10H,2-7H2,1H3,(H,14,15). The van der Waals surface area contributed by atoms with Crippen molar-refractivity contribution in [2.75, 3.05) is 5.75 Å². The van der Waals surface area contributed by atoms with Gasteiger partial charge in [-0.2, -0.15) is 0 Å². The zero-order valence-corrected chi connectivity index (χ0v) is 11.9. The SMILES string of the molecule is CCCC(Cl)C(Cl)CCCC1CSNC1=O. The maximum Gasteiger partial charge on any atom is 0.233 e. The smallest absolute Gasteiger partial charge is 0.233 e. The van der Waals surface area contributed by atoms with Crippen molar-refractivity contribution in [3.8, 4) is 0 Å². The molecule has 0 spiro atoms. The number of hydrogen-bond donors (Lipinski definition) is 1. The molecule has 3 atom stereocenters. The minimum Gasteiger partial charge on any atom is -0.300 e. The molecular formula is C11H19Cl2NOS. The fraction of sp³-hybridized carbons (Fsp3) is 0.909. The average molecular weight is 284 g/mol. The molecule has 0 aromatic rings. The van der Waals surface area contributed by atoms with Crippen LogP contribution in [0.1, 0.15) is 39.0 Å². The van der Waals surface area contributed by atoms with E-state index < -0.39 is 0 Å². The first-order chi connectivity index (χ1) is 7.65. The van der Waals surface area contributed by atoms with Gasteiger partial charge in [0.15, 0.2) is 0 Å². The van der Waals surface area contributed by atoms with Crippen molar-refractivity contribution >= 4 is 41.1 Å². The van der Waals surface area contributed by atoms with Crippen LogP contribution in [0.4, 0.5) is 0 Å². The highest BCUT2D eigenvalue weighted by Crippen LogP contribution is 2.24. The molecule has 0 saturated carbocycles. The number of hydrogen-bond acceptors (Lipinski definition) is 2. The second kappa shape index (κ2) is 7.67. The van der Waals surface area contributed by atoms with Crippen molar-refractivity contribution in [3.63, 3.8) is 0 Å². The molecule has 0 radical (unpaired) electrons. The Morgan fingerprint density at radius 3 is 2.69 bits per heavy atom. The van der Waals surface area contributed by atoms with Gasteiger partial charge in [-0.1, -0.05) is 19.8 Å². The van der Waals surface area contributed by atoms with E-state index in [9.17, 15) is 4.79 Å². The van der Waals surface area contributed by atoms with Crippen molar-refractivity contribution in [3.05, 3.63) is 0 Å². The molecule has 1 heterocycles. The summed E-state index contributed by atoms with van der Waals surface area (Å²) in [5.41, 5.74) is 0. The fourth-order valence-corrected chi connectivity index (χ4v) is 3.32. The summed E-state index contributed by atoms with van der Waals surface area (Å²) in [5, 5.41) is 0.109. The molecule has 1 saturated heterocycles. The lowest BCUT2D eigenvalue weighted by atomic mass is 10.0. The summed E-state index contributed by atoms with van der Waals surface area (Å²) in [6, 6.07) is 0. The average Bonchev–Trinajstić information content (AvgIpc) is 2.65. The van der Waals surface area contributed by atoms with Gasteiger partial charge in [-0.3, -0.25) is 9.52 Å². The lowest BCUT2D eigenvalue weighted by Gasteiger charge is -2.15. The normalized spacial score (nSPS) is 24.2. The molecule has 2 nitrogen and oxygen atoms in total. The molecule has 0 aliphatic carbocycles. The van der Waals surface area contributed by atoms with Gasteiger partial charge in [-0.15, -0.1) is 23.2 Å². The molecule has 1 aliphatic heterocycles. The fourth-order valence-electron chi connectivity index (χ4n) is 1.78. The summed E-state index contributed by atoms with van der Waals surface area (Å²) in [5.74, 6) is 1.24. The van der Waals surface area contributed by atoms with Gasteiger partial charge in [0.2, 0.25) is 5.91 Å². The number of carbonyl (C=O) groups excluding carboxylic acids is 1. The van der Waals surface area contributed by atoms with Crippen LogP contribution in [0.25, 0.3) is 0 Å². The Hall–Kier alpha value is 0.400. The van der Waals surface area contributed by atoms with Crippen LogP contribution in [-0.4, -0.2) is 22.4 Å². The molecule has 5 heteroatoms. The molecule has 0 aromatic carbocycles. The quantitative estimate of drug-likeness (QED) is 0.572.